The molecule has 0 aliphatic carbocycles. The van der Waals surface area contributed by atoms with E-state index in [9.17, 15) is 0 Å². The van der Waals surface area contributed by atoms with E-state index in [0.29, 0.717) is 11.3 Å². The predicted octanol–water partition coefficient (Wildman–Crippen LogP) is 3.05. The third-order valence-corrected chi connectivity index (χ3v) is 2.75. The quantitative estimate of drug-likeness (QED) is 0.722. The van der Waals surface area contributed by atoms with Crippen molar-refractivity contribution in [3.63, 3.8) is 0 Å². The van der Waals surface area contributed by atoms with E-state index in [1.54, 1.807) is 0 Å². The second-order valence-corrected chi connectivity index (χ2v) is 5.70. The fourth-order valence-electron chi connectivity index (χ4n) is 0.942. The number of aromatic nitrogens is 2. The molecule has 0 amide bonds. The van der Waals surface area contributed by atoms with Crippen LogP contribution in [0.5, 0.6) is 0 Å². The summed E-state index contributed by atoms with van der Waals surface area (Å²) in [5.74, 6) is 3.46. The summed E-state index contributed by atoms with van der Waals surface area (Å²) in [5, 5.41) is 3.84. The van der Waals surface area contributed by atoms with Gasteiger partial charge in [0.15, 0.2) is 5.82 Å². The van der Waals surface area contributed by atoms with Gasteiger partial charge in [-0.3, -0.25) is 0 Å². The molecule has 1 aromatic rings. The Labute approximate surface area is 89.7 Å². The van der Waals surface area contributed by atoms with Gasteiger partial charge in [-0.05, 0) is 17.6 Å². The highest BCUT2D eigenvalue weighted by atomic mass is 32.2. The lowest BCUT2D eigenvalue weighted by Crippen LogP contribution is -2.05. The first-order chi connectivity index (χ1) is 6.47. The van der Waals surface area contributed by atoms with Gasteiger partial charge in [0.05, 0.1) is 5.75 Å². The Morgan fingerprint density at radius 2 is 2.07 bits per heavy atom. The molecule has 0 radical (unpaired) electrons. The maximum atomic E-state index is 4.89. The molecule has 0 unspecified atom stereocenters. The van der Waals surface area contributed by atoms with Crippen molar-refractivity contribution in [1.29, 1.82) is 0 Å². The third kappa shape index (κ3) is 4.65. The normalized spacial score (nSPS) is 12.0. The fraction of sp³-hybridized carbons (Fsp3) is 0.800. The third-order valence-electron chi connectivity index (χ3n) is 1.80. The molecule has 0 aliphatic heterocycles. The lowest BCUT2D eigenvalue weighted by molar-refractivity contribution is 0.389. The van der Waals surface area contributed by atoms with E-state index < -0.39 is 0 Å². The minimum absolute atomic E-state index is 0.417. The number of aryl methyl sites for hydroxylation is 1. The Morgan fingerprint density at radius 3 is 2.57 bits per heavy atom. The van der Waals surface area contributed by atoms with Crippen molar-refractivity contribution in [2.75, 3.05) is 5.75 Å². The van der Waals surface area contributed by atoms with Crippen LogP contribution < -0.4 is 0 Å². The minimum atomic E-state index is 0.417. The molecular weight excluding hydrogens is 196 g/mol. The van der Waals surface area contributed by atoms with Crippen LogP contribution in [0.4, 0.5) is 0 Å². The summed E-state index contributed by atoms with van der Waals surface area (Å²) in [7, 11) is 0. The van der Waals surface area contributed by atoms with Crippen LogP contribution in [0.3, 0.4) is 0 Å². The molecule has 0 atom stereocenters. The summed E-state index contributed by atoms with van der Waals surface area (Å²) >= 11 is 1.86. The van der Waals surface area contributed by atoms with E-state index in [1.807, 2.05) is 18.7 Å². The standard InChI is InChI=1S/C10H18N2OS/c1-8-11-9(12-13-8)7-14-6-5-10(2,3)4/h5-7H2,1-4H3. The van der Waals surface area contributed by atoms with E-state index in [0.717, 1.165) is 17.3 Å². The lowest BCUT2D eigenvalue weighted by atomic mass is 9.94. The molecule has 3 nitrogen and oxygen atoms in total. The van der Waals surface area contributed by atoms with Gasteiger partial charge in [0.25, 0.3) is 0 Å². The van der Waals surface area contributed by atoms with Crippen LogP contribution in [-0.2, 0) is 5.75 Å². The molecule has 1 heterocycles. The first-order valence-corrected chi connectivity index (χ1v) is 6.00. The van der Waals surface area contributed by atoms with E-state index >= 15 is 0 Å². The molecule has 1 rings (SSSR count). The first-order valence-electron chi connectivity index (χ1n) is 4.84. The molecule has 0 aliphatic rings. The number of hydrogen-bond acceptors (Lipinski definition) is 4. The summed E-state index contributed by atoms with van der Waals surface area (Å²) in [4.78, 5) is 4.15. The molecule has 0 bridgehead atoms. The van der Waals surface area contributed by atoms with E-state index in [-0.39, 0.29) is 0 Å². The molecule has 0 aromatic carbocycles. The Balaban J connectivity index is 2.16. The van der Waals surface area contributed by atoms with Gasteiger partial charge in [-0.15, -0.1) is 0 Å². The van der Waals surface area contributed by atoms with Gasteiger partial charge in [-0.25, -0.2) is 0 Å². The van der Waals surface area contributed by atoms with Gasteiger partial charge in [-0.2, -0.15) is 16.7 Å². The van der Waals surface area contributed by atoms with Gasteiger partial charge in [-0.1, -0.05) is 25.9 Å². The molecule has 0 saturated heterocycles. The molecule has 1 aromatic heterocycles. The molecule has 4 heteroatoms. The zero-order chi connectivity index (χ0) is 10.6. The van der Waals surface area contributed by atoms with Crippen molar-refractivity contribution in [2.24, 2.45) is 5.41 Å². The van der Waals surface area contributed by atoms with Crippen molar-refractivity contribution in [3.8, 4) is 0 Å². The zero-order valence-electron chi connectivity index (χ0n) is 9.33. The topological polar surface area (TPSA) is 38.9 Å². The summed E-state index contributed by atoms with van der Waals surface area (Å²) in [5.41, 5.74) is 0.417. The number of rotatable bonds is 4. The average molecular weight is 214 g/mol. The van der Waals surface area contributed by atoms with Gasteiger partial charge in [0.1, 0.15) is 0 Å². The fourth-order valence-corrected chi connectivity index (χ4v) is 2.14. The van der Waals surface area contributed by atoms with Crippen molar-refractivity contribution >= 4 is 11.8 Å². The molecule has 0 fully saturated rings. The Bertz CT molecular complexity index is 278. The van der Waals surface area contributed by atoms with Gasteiger partial charge >= 0.3 is 0 Å². The molecule has 80 valence electrons. The molecule has 0 N–H and O–H groups in total. The highest BCUT2D eigenvalue weighted by Crippen LogP contribution is 2.22. The summed E-state index contributed by atoms with van der Waals surface area (Å²) in [6.45, 7) is 8.58. The second-order valence-electron chi connectivity index (χ2n) is 4.59. The van der Waals surface area contributed by atoms with Crippen molar-refractivity contribution < 1.29 is 4.52 Å². The highest BCUT2D eigenvalue weighted by molar-refractivity contribution is 7.98. The molecular formula is C10H18N2OS. The zero-order valence-corrected chi connectivity index (χ0v) is 10.1. The van der Waals surface area contributed by atoms with E-state index in [2.05, 4.69) is 30.9 Å². The monoisotopic (exact) mass is 214 g/mol. The molecule has 0 spiro atoms. The van der Waals surface area contributed by atoms with Crippen LogP contribution in [0.15, 0.2) is 4.52 Å². The van der Waals surface area contributed by atoms with Crippen LogP contribution in [0, 0.1) is 12.3 Å². The maximum absolute atomic E-state index is 4.89. The average Bonchev–Trinajstić information content (AvgIpc) is 2.44. The Hall–Kier alpha value is -0.510. The van der Waals surface area contributed by atoms with Gasteiger partial charge in [0.2, 0.25) is 5.89 Å². The van der Waals surface area contributed by atoms with Crippen molar-refractivity contribution in [3.05, 3.63) is 11.7 Å². The van der Waals surface area contributed by atoms with Crippen LogP contribution in [0.1, 0.15) is 38.9 Å². The number of thioether (sulfide) groups is 1. The van der Waals surface area contributed by atoms with Gasteiger partial charge < -0.3 is 4.52 Å². The Morgan fingerprint density at radius 1 is 1.36 bits per heavy atom. The lowest BCUT2D eigenvalue weighted by Gasteiger charge is -2.16. The van der Waals surface area contributed by atoms with Crippen molar-refractivity contribution in [2.45, 2.75) is 39.9 Å². The summed E-state index contributed by atoms with van der Waals surface area (Å²) in [6.07, 6.45) is 1.22. The summed E-state index contributed by atoms with van der Waals surface area (Å²) < 4.78 is 4.89. The van der Waals surface area contributed by atoms with Crippen LogP contribution in [0.2, 0.25) is 0 Å². The van der Waals surface area contributed by atoms with Crippen molar-refractivity contribution in [1.82, 2.24) is 10.1 Å². The van der Waals surface area contributed by atoms with Crippen LogP contribution in [0.25, 0.3) is 0 Å². The largest absolute Gasteiger partial charge is 0.340 e. The predicted molar refractivity (Wildman–Crippen MR) is 59.3 cm³/mol. The van der Waals surface area contributed by atoms with E-state index in [1.165, 1.54) is 6.42 Å². The molecule has 14 heavy (non-hydrogen) atoms. The van der Waals surface area contributed by atoms with Crippen LogP contribution >= 0.6 is 11.8 Å². The SMILES string of the molecule is Cc1nc(CSCCC(C)(C)C)no1. The minimum Gasteiger partial charge on any atom is -0.340 e. The van der Waals surface area contributed by atoms with Gasteiger partial charge in [0, 0.05) is 6.92 Å². The number of nitrogens with zero attached hydrogens (tertiary/aromatic N) is 2. The van der Waals surface area contributed by atoms with Crippen LogP contribution in [-0.4, -0.2) is 15.9 Å². The maximum Gasteiger partial charge on any atom is 0.223 e. The first kappa shape index (κ1) is 11.6. The Kier molecular flexibility index (Phi) is 3.98. The molecule has 0 saturated carbocycles. The number of hydrogen-bond donors (Lipinski definition) is 0. The summed E-state index contributed by atoms with van der Waals surface area (Å²) in [6, 6.07) is 0. The second kappa shape index (κ2) is 4.82. The smallest absolute Gasteiger partial charge is 0.223 e. The van der Waals surface area contributed by atoms with E-state index in [4.69, 9.17) is 4.52 Å². The highest BCUT2D eigenvalue weighted by Gasteiger charge is 2.09.